The second kappa shape index (κ2) is 6.13. The van der Waals surface area contributed by atoms with Gasteiger partial charge in [-0.25, -0.2) is 4.39 Å². The minimum atomic E-state index is -0.350. The zero-order valence-electron chi connectivity index (χ0n) is 13.5. The molecule has 4 nitrogen and oxygen atoms in total. The summed E-state index contributed by atoms with van der Waals surface area (Å²) in [5.74, 6) is 0.316. The smallest absolute Gasteiger partial charge is 0.254 e. The lowest BCUT2D eigenvalue weighted by Gasteiger charge is -2.31. The summed E-state index contributed by atoms with van der Waals surface area (Å²) in [7, 11) is 0. The van der Waals surface area contributed by atoms with Crippen LogP contribution in [0.3, 0.4) is 0 Å². The lowest BCUT2D eigenvalue weighted by molar-refractivity contribution is 0.0652. The monoisotopic (exact) mass is 328 g/mol. The Labute approximate surface area is 140 Å². The maximum atomic E-state index is 13.7. The van der Waals surface area contributed by atoms with Crippen molar-refractivity contribution in [3.63, 3.8) is 0 Å². The van der Waals surface area contributed by atoms with Crippen molar-refractivity contribution in [2.24, 2.45) is 5.92 Å². The van der Waals surface area contributed by atoms with Crippen LogP contribution in [-0.2, 0) is 0 Å². The van der Waals surface area contributed by atoms with Crippen LogP contribution in [0, 0.1) is 11.7 Å². The molecule has 2 heterocycles. The number of carbonyl (C=O) groups excluding carboxylic acids is 1. The zero-order valence-corrected chi connectivity index (χ0v) is 13.5. The number of aromatic nitrogens is 1. The normalized spacial score (nSPS) is 19.0. The fourth-order valence-corrected chi connectivity index (χ4v) is 3.47. The fourth-order valence-electron chi connectivity index (χ4n) is 3.47. The topological polar surface area (TPSA) is 53.4 Å². The van der Waals surface area contributed by atoms with Gasteiger partial charge < -0.3 is 10.0 Å². The van der Waals surface area contributed by atoms with Crippen molar-refractivity contribution in [3.05, 3.63) is 41.3 Å². The van der Waals surface area contributed by atoms with Crippen molar-refractivity contribution < 1.29 is 14.3 Å². The molecule has 1 aromatic heterocycles. The number of aliphatic hydroxyl groups excluding tert-OH is 1. The SMILES string of the molecule is O=C(c1cc(C2CC2)nc2ccc(F)cc12)N1CCC(CO)CC1. The molecule has 24 heavy (non-hydrogen) atoms. The van der Waals surface area contributed by atoms with Crippen molar-refractivity contribution in [1.82, 2.24) is 9.88 Å². The van der Waals surface area contributed by atoms with Gasteiger partial charge in [-0.3, -0.25) is 9.78 Å². The third-order valence-electron chi connectivity index (χ3n) is 5.18. The van der Waals surface area contributed by atoms with E-state index >= 15 is 0 Å². The summed E-state index contributed by atoms with van der Waals surface area (Å²) in [5.41, 5.74) is 2.20. The third kappa shape index (κ3) is 2.88. The average molecular weight is 328 g/mol. The first kappa shape index (κ1) is 15.5. The summed E-state index contributed by atoms with van der Waals surface area (Å²) in [6.45, 7) is 1.46. The number of amides is 1. The Balaban J connectivity index is 1.71. The number of benzene rings is 1. The van der Waals surface area contributed by atoms with Gasteiger partial charge in [-0.1, -0.05) is 0 Å². The van der Waals surface area contributed by atoms with Crippen LogP contribution in [0.1, 0.15) is 47.7 Å². The van der Waals surface area contributed by atoms with E-state index in [4.69, 9.17) is 0 Å². The Morgan fingerprint density at radius 2 is 1.96 bits per heavy atom. The summed E-state index contributed by atoms with van der Waals surface area (Å²) in [5, 5.41) is 9.85. The molecule has 1 saturated heterocycles. The second-order valence-corrected chi connectivity index (χ2v) is 6.95. The van der Waals surface area contributed by atoms with Crippen molar-refractivity contribution in [2.75, 3.05) is 19.7 Å². The number of fused-ring (bicyclic) bond motifs is 1. The maximum absolute atomic E-state index is 13.7. The summed E-state index contributed by atoms with van der Waals surface area (Å²) in [6, 6.07) is 6.32. The summed E-state index contributed by atoms with van der Waals surface area (Å²) in [6.07, 6.45) is 3.84. The first-order valence-corrected chi connectivity index (χ1v) is 8.66. The zero-order chi connectivity index (χ0) is 16.7. The highest BCUT2D eigenvalue weighted by atomic mass is 19.1. The largest absolute Gasteiger partial charge is 0.396 e. The van der Waals surface area contributed by atoms with E-state index in [1.807, 2.05) is 11.0 Å². The standard InChI is InChI=1S/C19H21FN2O2/c20-14-3-4-17-15(9-14)16(10-18(21-17)13-1-2-13)19(24)22-7-5-12(11-23)6-8-22/h3-4,9-10,12-13,23H,1-2,5-8,11H2. The number of halogens is 1. The molecule has 1 aromatic carbocycles. The molecule has 2 aromatic rings. The molecule has 0 radical (unpaired) electrons. The van der Waals surface area contributed by atoms with Crippen LogP contribution in [-0.4, -0.2) is 40.6 Å². The molecule has 0 spiro atoms. The predicted octanol–water partition coefficient (Wildman–Crippen LogP) is 3.10. The van der Waals surface area contributed by atoms with E-state index in [0.29, 0.717) is 35.5 Å². The Hall–Kier alpha value is -2.01. The number of aliphatic hydroxyl groups is 1. The average Bonchev–Trinajstić information content (AvgIpc) is 3.45. The Morgan fingerprint density at radius 1 is 1.21 bits per heavy atom. The van der Waals surface area contributed by atoms with Gasteiger partial charge in [0, 0.05) is 36.7 Å². The minimum Gasteiger partial charge on any atom is -0.396 e. The molecule has 1 N–H and O–H groups in total. The van der Waals surface area contributed by atoms with Gasteiger partial charge in [0.15, 0.2) is 0 Å². The van der Waals surface area contributed by atoms with E-state index in [1.54, 1.807) is 6.07 Å². The molecule has 0 unspecified atom stereocenters. The molecule has 126 valence electrons. The molecule has 0 bridgehead atoms. The van der Waals surface area contributed by atoms with E-state index in [9.17, 15) is 14.3 Å². The molecule has 2 aliphatic rings. The van der Waals surface area contributed by atoms with Crippen molar-refractivity contribution >= 4 is 16.8 Å². The van der Waals surface area contributed by atoms with Crippen LogP contribution in [0.2, 0.25) is 0 Å². The first-order chi connectivity index (χ1) is 11.7. The van der Waals surface area contributed by atoms with E-state index in [0.717, 1.165) is 31.4 Å². The number of hydrogen-bond donors (Lipinski definition) is 1. The molecule has 4 rings (SSSR count). The lowest BCUT2D eigenvalue weighted by Crippen LogP contribution is -2.39. The highest BCUT2D eigenvalue weighted by Gasteiger charge is 2.29. The third-order valence-corrected chi connectivity index (χ3v) is 5.18. The highest BCUT2D eigenvalue weighted by Crippen LogP contribution is 2.40. The number of hydrogen-bond acceptors (Lipinski definition) is 3. The molecule has 2 fully saturated rings. The number of piperidine rings is 1. The molecular weight excluding hydrogens is 307 g/mol. The van der Waals surface area contributed by atoms with Gasteiger partial charge >= 0.3 is 0 Å². The molecular formula is C19H21FN2O2. The maximum Gasteiger partial charge on any atom is 0.254 e. The van der Waals surface area contributed by atoms with Crippen LogP contribution >= 0.6 is 0 Å². The van der Waals surface area contributed by atoms with Gasteiger partial charge in [-0.15, -0.1) is 0 Å². The number of rotatable bonds is 3. The number of pyridine rings is 1. The van der Waals surface area contributed by atoms with Crippen molar-refractivity contribution in [1.29, 1.82) is 0 Å². The van der Waals surface area contributed by atoms with Gasteiger partial charge in [0.25, 0.3) is 5.91 Å². The van der Waals surface area contributed by atoms with Crippen LogP contribution in [0.25, 0.3) is 10.9 Å². The summed E-state index contributed by atoms with van der Waals surface area (Å²) >= 11 is 0. The number of nitrogens with zero attached hydrogens (tertiary/aromatic N) is 2. The van der Waals surface area contributed by atoms with Gasteiger partial charge in [-0.2, -0.15) is 0 Å². The molecule has 5 heteroatoms. The molecule has 1 aliphatic heterocycles. The first-order valence-electron chi connectivity index (χ1n) is 8.66. The van der Waals surface area contributed by atoms with E-state index in [2.05, 4.69) is 4.98 Å². The minimum absolute atomic E-state index is 0.0497. The van der Waals surface area contributed by atoms with Crippen LogP contribution in [0.15, 0.2) is 24.3 Å². The van der Waals surface area contributed by atoms with E-state index < -0.39 is 0 Å². The highest BCUT2D eigenvalue weighted by molar-refractivity contribution is 6.06. The van der Waals surface area contributed by atoms with Crippen molar-refractivity contribution in [2.45, 2.75) is 31.6 Å². The number of carbonyl (C=O) groups is 1. The quantitative estimate of drug-likeness (QED) is 0.942. The van der Waals surface area contributed by atoms with Crippen molar-refractivity contribution in [3.8, 4) is 0 Å². The predicted molar refractivity (Wildman–Crippen MR) is 89.4 cm³/mol. The molecule has 1 saturated carbocycles. The van der Waals surface area contributed by atoms with E-state index in [1.165, 1.54) is 12.1 Å². The lowest BCUT2D eigenvalue weighted by atomic mass is 9.96. The molecule has 1 amide bonds. The van der Waals surface area contributed by atoms with Crippen LogP contribution in [0.4, 0.5) is 4.39 Å². The number of likely N-dealkylation sites (tertiary alicyclic amines) is 1. The van der Waals surface area contributed by atoms with E-state index in [-0.39, 0.29) is 24.2 Å². The second-order valence-electron chi connectivity index (χ2n) is 6.95. The van der Waals surface area contributed by atoms with Crippen LogP contribution in [0.5, 0.6) is 0 Å². The summed E-state index contributed by atoms with van der Waals surface area (Å²) in [4.78, 5) is 19.5. The van der Waals surface area contributed by atoms with Gasteiger partial charge in [0.1, 0.15) is 5.82 Å². The molecule has 0 atom stereocenters. The Kier molecular flexibility index (Phi) is 3.96. The van der Waals surface area contributed by atoms with Gasteiger partial charge in [-0.05, 0) is 55.9 Å². The van der Waals surface area contributed by atoms with Crippen LogP contribution < -0.4 is 0 Å². The Bertz CT molecular complexity index is 780. The van der Waals surface area contributed by atoms with Gasteiger partial charge in [0.05, 0.1) is 11.1 Å². The molecule has 1 aliphatic carbocycles. The summed E-state index contributed by atoms with van der Waals surface area (Å²) < 4.78 is 13.7. The Morgan fingerprint density at radius 3 is 2.62 bits per heavy atom. The fraction of sp³-hybridized carbons (Fsp3) is 0.474. The van der Waals surface area contributed by atoms with Gasteiger partial charge in [0.2, 0.25) is 0 Å².